The smallest absolute Gasteiger partial charge is 0.497 e. The Kier molecular flexibility index (Phi) is 9.19. The molecule has 0 unspecified atom stereocenters. The van der Waals surface area contributed by atoms with E-state index >= 15 is 0 Å². The van der Waals surface area contributed by atoms with E-state index in [0.29, 0.717) is 35.1 Å². The molecule has 1 heterocycles. The number of nitrogens with one attached hydrogen (secondary N) is 1. The van der Waals surface area contributed by atoms with Crippen molar-refractivity contribution in [3.8, 4) is 28.4 Å². The molecule has 0 bridgehead atoms. The van der Waals surface area contributed by atoms with E-state index in [1.807, 2.05) is 12.1 Å². The Balaban J connectivity index is 0.00000127. The van der Waals surface area contributed by atoms with Gasteiger partial charge in [0.05, 0.1) is 19.9 Å². The van der Waals surface area contributed by atoms with Crippen molar-refractivity contribution in [1.82, 2.24) is 10.2 Å². The van der Waals surface area contributed by atoms with Crippen LogP contribution in [0.15, 0.2) is 54.6 Å². The molecule has 0 radical (unpaired) electrons. The van der Waals surface area contributed by atoms with Gasteiger partial charge in [0.15, 0.2) is 5.82 Å². The number of nitrogens with zero attached hydrogens (tertiary/aromatic N) is 2. The van der Waals surface area contributed by atoms with Crippen LogP contribution in [0.25, 0.3) is 21.9 Å². The van der Waals surface area contributed by atoms with Crippen LogP contribution in [0, 0.1) is 6.92 Å². The Hall–Kier alpha value is -4.25. The zero-order chi connectivity index (χ0) is 27.9. The van der Waals surface area contributed by atoms with Crippen molar-refractivity contribution < 1.29 is 37.3 Å². The molecule has 0 spiro atoms. The summed E-state index contributed by atoms with van der Waals surface area (Å²) in [6, 6.07) is 14.7. The van der Waals surface area contributed by atoms with Crippen LogP contribution in [-0.2, 0) is 11.3 Å². The molecule has 8 nitrogen and oxygen atoms in total. The molecule has 0 saturated heterocycles. The largest absolute Gasteiger partial charge is 0.573 e. The van der Waals surface area contributed by atoms with Gasteiger partial charge in [0.1, 0.15) is 17.2 Å². The summed E-state index contributed by atoms with van der Waals surface area (Å²) < 4.78 is 53.7. The summed E-state index contributed by atoms with van der Waals surface area (Å²) in [5.74, 6) is 1.51. The van der Waals surface area contributed by atoms with E-state index < -0.39 is 6.36 Å². The Labute approximate surface area is 220 Å². The highest BCUT2D eigenvalue weighted by Crippen LogP contribution is 2.38. The topological polar surface area (TPSA) is 103 Å². The lowest BCUT2D eigenvalue weighted by Crippen LogP contribution is -2.17. The summed E-state index contributed by atoms with van der Waals surface area (Å²) in [6.45, 7) is 1.93. The van der Waals surface area contributed by atoms with E-state index in [2.05, 4.69) is 20.3 Å². The third-order valence-corrected chi connectivity index (χ3v) is 5.62. The molecular formula is C26H23ClF3N3O5. The maximum Gasteiger partial charge on any atom is 0.573 e. The Morgan fingerprint density at radius 1 is 0.974 bits per heavy atom. The molecule has 200 valence electrons. The number of ether oxygens (including phenoxy) is 3. The van der Waals surface area contributed by atoms with E-state index in [-0.39, 0.29) is 22.8 Å². The van der Waals surface area contributed by atoms with Crippen molar-refractivity contribution >= 4 is 34.7 Å². The van der Waals surface area contributed by atoms with Crippen LogP contribution >= 0.6 is 11.6 Å². The second-order valence-electron chi connectivity index (χ2n) is 7.72. The number of hydrogen-bond donors (Lipinski definition) is 2. The summed E-state index contributed by atoms with van der Waals surface area (Å²) in [5.41, 5.74) is 2.21. The lowest BCUT2D eigenvalue weighted by atomic mass is 10.00. The van der Waals surface area contributed by atoms with Crippen LogP contribution in [0.5, 0.6) is 17.2 Å². The number of aromatic nitrogens is 2. The molecule has 4 aromatic rings. The van der Waals surface area contributed by atoms with Gasteiger partial charge in [0, 0.05) is 39.5 Å². The van der Waals surface area contributed by atoms with Crippen LogP contribution in [0.1, 0.15) is 11.3 Å². The molecule has 0 amide bonds. The lowest BCUT2D eigenvalue weighted by molar-refractivity contribution is -0.274. The van der Waals surface area contributed by atoms with Gasteiger partial charge in [-0.1, -0.05) is 17.7 Å². The number of carbonyl (C=O) groups is 1. The summed E-state index contributed by atoms with van der Waals surface area (Å²) in [6.07, 6.45) is -4.83. The van der Waals surface area contributed by atoms with E-state index in [4.69, 9.17) is 31.0 Å². The predicted octanol–water partition coefficient (Wildman–Crippen LogP) is 6.49. The van der Waals surface area contributed by atoms with Crippen LogP contribution in [0.4, 0.5) is 19.0 Å². The second-order valence-corrected chi connectivity index (χ2v) is 8.16. The molecule has 0 aliphatic heterocycles. The van der Waals surface area contributed by atoms with E-state index in [9.17, 15) is 13.2 Å². The van der Waals surface area contributed by atoms with Crippen LogP contribution < -0.4 is 19.5 Å². The average Bonchev–Trinajstić information content (AvgIpc) is 2.89. The number of alkyl halides is 3. The molecule has 0 aliphatic carbocycles. The zero-order valence-corrected chi connectivity index (χ0v) is 21.2. The van der Waals surface area contributed by atoms with Crippen molar-refractivity contribution in [3.63, 3.8) is 0 Å². The van der Waals surface area contributed by atoms with Gasteiger partial charge >= 0.3 is 6.36 Å². The Morgan fingerprint density at radius 3 is 2.37 bits per heavy atom. The zero-order valence-electron chi connectivity index (χ0n) is 20.5. The maximum absolute atomic E-state index is 12.9. The molecule has 2 N–H and O–H groups in total. The number of hydrogen-bond acceptors (Lipinski definition) is 7. The lowest BCUT2D eigenvalue weighted by Gasteiger charge is -2.16. The molecule has 4 rings (SSSR count). The van der Waals surface area contributed by atoms with Gasteiger partial charge in [-0.05, 0) is 55.0 Å². The molecule has 0 saturated carbocycles. The van der Waals surface area contributed by atoms with Gasteiger partial charge in [-0.25, -0.2) is 0 Å². The summed E-state index contributed by atoms with van der Waals surface area (Å²) >= 11 is 6.07. The second kappa shape index (κ2) is 12.3. The first-order valence-corrected chi connectivity index (χ1v) is 11.3. The van der Waals surface area contributed by atoms with Crippen molar-refractivity contribution in [2.75, 3.05) is 19.5 Å². The van der Waals surface area contributed by atoms with Crippen LogP contribution in [-0.4, -0.2) is 42.4 Å². The summed E-state index contributed by atoms with van der Waals surface area (Å²) in [4.78, 5) is 8.36. The Morgan fingerprint density at radius 2 is 1.71 bits per heavy atom. The fraction of sp³-hybridized carbons (Fsp3) is 0.192. The minimum Gasteiger partial charge on any atom is -0.497 e. The van der Waals surface area contributed by atoms with Gasteiger partial charge in [-0.2, -0.15) is 5.10 Å². The standard InChI is InChI=1S/C25H21ClF3N3O3.CH2O2/c1-14-20-10-15(21-11-17(26)6-9-22(21)35-25(27,28)29)5-8-19(20)24(32-31-14)30-13-16-4-7-18(33-2)12-23(16)34-3;2-1-3/h4-12H,13H2,1-3H3,(H,30,32);1H,(H,2,3). The van der Waals surface area contributed by atoms with Gasteiger partial charge < -0.3 is 24.6 Å². The van der Waals surface area contributed by atoms with Crippen molar-refractivity contribution in [1.29, 1.82) is 0 Å². The van der Waals surface area contributed by atoms with Crippen molar-refractivity contribution in [3.05, 3.63) is 70.9 Å². The number of halogens is 4. The number of rotatable bonds is 7. The predicted molar refractivity (Wildman–Crippen MR) is 137 cm³/mol. The number of anilines is 1. The number of carboxylic acid groups (broad SMARTS) is 1. The van der Waals surface area contributed by atoms with Crippen molar-refractivity contribution in [2.45, 2.75) is 19.8 Å². The molecule has 3 aromatic carbocycles. The van der Waals surface area contributed by atoms with Crippen LogP contribution in [0.2, 0.25) is 5.02 Å². The number of benzene rings is 3. The fourth-order valence-corrected chi connectivity index (χ4v) is 3.87. The van der Waals surface area contributed by atoms with Gasteiger partial charge in [-0.15, -0.1) is 18.3 Å². The number of fused-ring (bicyclic) bond motifs is 1. The van der Waals surface area contributed by atoms with E-state index in [0.717, 1.165) is 16.3 Å². The fourth-order valence-electron chi connectivity index (χ4n) is 3.70. The minimum atomic E-state index is -4.83. The van der Waals surface area contributed by atoms with Gasteiger partial charge in [-0.3, -0.25) is 4.79 Å². The SMILES string of the molecule is COc1ccc(CNc2nnc(C)c3cc(-c4cc(Cl)ccc4OC(F)(F)F)ccc23)c(OC)c1.O=CO. The molecule has 38 heavy (non-hydrogen) atoms. The van der Waals surface area contributed by atoms with Crippen molar-refractivity contribution in [2.24, 2.45) is 0 Å². The molecule has 0 atom stereocenters. The molecule has 0 fully saturated rings. The highest BCUT2D eigenvalue weighted by Gasteiger charge is 2.32. The third-order valence-electron chi connectivity index (χ3n) is 5.38. The van der Waals surface area contributed by atoms with Crippen LogP contribution in [0.3, 0.4) is 0 Å². The first-order chi connectivity index (χ1) is 18.1. The van der Waals surface area contributed by atoms with E-state index in [1.54, 1.807) is 45.4 Å². The normalized spacial score (nSPS) is 10.8. The highest BCUT2D eigenvalue weighted by molar-refractivity contribution is 6.31. The monoisotopic (exact) mass is 549 g/mol. The average molecular weight is 550 g/mol. The van der Waals surface area contributed by atoms with Gasteiger partial charge in [0.25, 0.3) is 6.47 Å². The summed E-state index contributed by atoms with van der Waals surface area (Å²) in [7, 11) is 3.16. The third kappa shape index (κ3) is 6.94. The number of methoxy groups -OCH3 is 2. The molecule has 1 aromatic heterocycles. The molecule has 12 heteroatoms. The first-order valence-electron chi connectivity index (χ1n) is 11.0. The first kappa shape index (κ1) is 28.3. The molecule has 0 aliphatic rings. The van der Waals surface area contributed by atoms with Gasteiger partial charge in [0.2, 0.25) is 0 Å². The van der Waals surface area contributed by atoms with E-state index in [1.165, 1.54) is 18.2 Å². The summed E-state index contributed by atoms with van der Waals surface area (Å²) in [5, 5.41) is 20.4. The Bertz CT molecular complexity index is 1430. The number of aryl methyl sites for hydroxylation is 1. The molecular weight excluding hydrogens is 527 g/mol. The minimum absolute atomic E-state index is 0.213. The maximum atomic E-state index is 12.9. The quantitative estimate of drug-likeness (QED) is 0.252. The highest BCUT2D eigenvalue weighted by atomic mass is 35.5.